The van der Waals surface area contributed by atoms with E-state index in [1.165, 1.54) is 24.3 Å². The molecule has 166 valence electrons. The molecule has 1 saturated carbocycles. The van der Waals surface area contributed by atoms with Crippen molar-refractivity contribution in [3.8, 4) is 5.75 Å². The van der Waals surface area contributed by atoms with Crippen molar-refractivity contribution in [3.05, 3.63) is 24.3 Å². The average molecular weight is 427 g/mol. The minimum absolute atomic E-state index is 0.189. The number of nitrogens with two attached hydrogens (primary N) is 1. The maximum absolute atomic E-state index is 12.5. The maximum atomic E-state index is 12.5. The number of amides is 1. The van der Waals surface area contributed by atoms with Gasteiger partial charge in [0.15, 0.2) is 5.96 Å². The Morgan fingerprint density at radius 3 is 2.37 bits per heavy atom. The quantitative estimate of drug-likeness (QED) is 0.539. The fourth-order valence-corrected chi connectivity index (χ4v) is 3.86. The van der Waals surface area contributed by atoms with Gasteiger partial charge in [-0.2, -0.15) is 0 Å². The van der Waals surface area contributed by atoms with Crippen LogP contribution in [0.15, 0.2) is 29.3 Å². The number of alkyl halides is 3. The minimum atomic E-state index is -4.72. The van der Waals surface area contributed by atoms with E-state index in [0.29, 0.717) is 18.1 Å². The van der Waals surface area contributed by atoms with Gasteiger partial charge in [-0.3, -0.25) is 14.7 Å². The molecule has 7 nitrogen and oxygen atoms in total. The number of hydrogen-bond donors (Lipinski definition) is 2. The number of aliphatic imine (C=N–C) groups is 1. The van der Waals surface area contributed by atoms with Gasteiger partial charge in [0.05, 0.1) is 6.54 Å². The van der Waals surface area contributed by atoms with Gasteiger partial charge in [-0.15, -0.1) is 13.2 Å². The van der Waals surface area contributed by atoms with Crippen LogP contribution in [0.4, 0.5) is 18.9 Å². The zero-order chi connectivity index (χ0) is 21.6. The number of guanidine groups is 1. The van der Waals surface area contributed by atoms with Gasteiger partial charge in [0, 0.05) is 44.3 Å². The molecular formula is C20H28F3N5O2. The molecule has 0 spiro atoms. The standard InChI is InChI=1S/C20H28F3N5O2/c21-20(22,23)30-17-7-5-16(6-8-17)26-19(24)25-9-10-27-11-13-28(14-12-27)18(29)15-3-1-2-4-15/h5-8,15H,1-4,9-14H2,(H3,24,25,26). The van der Waals surface area contributed by atoms with Crippen LogP contribution in [0.5, 0.6) is 5.75 Å². The van der Waals surface area contributed by atoms with Crippen LogP contribution in [0.25, 0.3) is 0 Å². The fraction of sp³-hybridized carbons (Fsp3) is 0.600. The summed E-state index contributed by atoms with van der Waals surface area (Å²) >= 11 is 0. The number of ether oxygens (including phenoxy) is 1. The van der Waals surface area contributed by atoms with E-state index in [4.69, 9.17) is 5.73 Å². The number of nitrogens with one attached hydrogen (secondary N) is 1. The third-order valence-electron chi connectivity index (χ3n) is 5.45. The van der Waals surface area contributed by atoms with Crippen molar-refractivity contribution < 1.29 is 22.7 Å². The first kappa shape index (κ1) is 22.2. The normalized spacial score (nSPS) is 19.2. The average Bonchev–Trinajstić information content (AvgIpc) is 3.23. The van der Waals surface area contributed by atoms with Gasteiger partial charge < -0.3 is 20.7 Å². The maximum Gasteiger partial charge on any atom is 0.573 e. The van der Waals surface area contributed by atoms with Gasteiger partial charge in [0.25, 0.3) is 0 Å². The predicted molar refractivity (Wildman–Crippen MR) is 108 cm³/mol. The SMILES string of the molecule is NC(=NCCN1CCN(C(=O)C2CCCC2)CC1)Nc1ccc(OC(F)(F)F)cc1. The molecule has 2 fully saturated rings. The highest BCUT2D eigenvalue weighted by Gasteiger charge is 2.31. The molecule has 1 saturated heterocycles. The molecule has 0 atom stereocenters. The second-order valence-electron chi connectivity index (χ2n) is 7.61. The van der Waals surface area contributed by atoms with Crippen molar-refractivity contribution in [1.82, 2.24) is 9.80 Å². The number of halogens is 3. The number of rotatable bonds is 6. The predicted octanol–water partition coefficient (Wildman–Crippen LogP) is 2.65. The molecule has 10 heteroatoms. The minimum Gasteiger partial charge on any atom is -0.406 e. The van der Waals surface area contributed by atoms with Crippen molar-refractivity contribution >= 4 is 17.6 Å². The number of hydrogen-bond acceptors (Lipinski definition) is 4. The van der Waals surface area contributed by atoms with Crippen LogP contribution in [0, 0.1) is 5.92 Å². The summed E-state index contributed by atoms with van der Waals surface area (Å²) in [5.74, 6) is 0.426. The van der Waals surface area contributed by atoms with Crippen LogP contribution in [-0.4, -0.2) is 67.3 Å². The van der Waals surface area contributed by atoms with Gasteiger partial charge in [-0.25, -0.2) is 0 Å². The summed E-state index contributed by atoms with van der Waals surface area (Å²) in [5, 5.41) is 2.84. The molecular weight excluding hydrogens is 399 g/mol. The van der Waals surface area contributed by atoms with Crippen LogP contribution < -0.4 is 15.8 Å². The summed E-state index contributed by atoms with van der Waals surface area (Å²) in [4.78, 5) is 21.0. The van der Waals surface area contributed by atoms with Gasteiger partial charge in [-0.1, -0.05) is 12.8 Å². The summed E-state index contributed by atoms with van der Waals surface area (Å²) < 4.78 is 40.4. The third kappa shape index (κ3) is 6.79. The van der Waals surface area contributed by atoms with Crippen LogP contribution >= 0.6 is 0 Å². The fourth-order valence-electron chi connectivity index (χ4n) is 3.86. The molecule has 1 aliphatic heterocycles. The molecule has 3 rings (SSSR count). The largest absolute Gasteiger partial charge is 0.573 e. The van der Waals surface area contributed by atoms with Crippen LogP contribution in [-0.2, 0) is 4.79 Å². The lowest BCUT2D eigenvalue weighted by Crippen LogP contribution is -2.50. The molecule has 1 heterocycles. The summed E-state index contributed by atoms with van der Waals surface area (Å²) in [6.07, 6.45) is -0.342. The number of nitrogens with zero attached hydrogens (tertiary/aromatic N) is 3. The number of anilines is 1. The van der Waals surface area contributed by atoms with Gasteiger partial charge in [0.1, 0.15) is 5.75 Å². The molecule has 30 heavy (non-hydrogen) atoms. The van der Waals surface area contributed by atoms with Crippen molar-refractivity contribution in [2.75, 3.05) is 44.6 Å². The first-order valence-electron chi connectivity index (χ1n) is 10.2. The third-order valence-corrected chi connectivity index (χ3v) is 5.45. The van der Waals surface area contributed by atoms with Crippen molar-refractivity contribution in [2.24, 2.45) is 16.6 Å². The van der Waals surface area contributed by atoms with E-state index >= 15 is 0 Å². The monoisotopic (exact) mass is 427 g/mol. The van der Waals surface area contributed by atoms with E-state index in [9.17, 15) is 18.0 Å². The molecule has 1 aliphatic carbocycles. The van der Waals surface area contributed by atoms with Crippen LogP contribution in [0.2, 0.25) is 0 Å². The van der Waals surface area contributed by atoms with Crippen LogP contribution in [0.3, 0.4) is 0 Å². The number of piperazine rings is 1. The lowest BCUT2D eigenvalue weighted by molar-refractivity contribution is -0.274. The van der Waals surface area contributed by atoms with Crippen molar-refractivity contribution in [1.29, 1.82) is 0 Å². The Kier molecular flexibility index (Phi) is 7.41. The van der Waals surface area contributed by atoms with Crippen LogP contribution in [0.1, 0.15) is 25.7 Å². The number of carbonyl (C=O) groups is 1. The van der Waals surface area contributed by atoms with Gasteiger partial charge >= 0.3 is 6.36 Å². The molecule has 3 N–H and O–H groups in total. The number of carbonyl (C=O) groups excluding carboxylic acids is 1. The Bertz CT molecular complexity index is 725. The lowest BCUT2D eigenvalue weighted by atomic mass is 10.1. The van der Waals surface area contributed by atoms with E-state index in [0.717, 1.165) is 58.4 Å². The molecule has 0 bridgehead atoms. The highest BCUT2D eigenvalue weighted by Crippen LogP contribution is 2.27. The van der Waals surface area contributed by atoms with Gasteiger partial charge in [-0.05, 0) is 37.1 Å². The van der Waals surface area contributed by atoms with Gasteiger partial charge in [0.2, 0.25) is 5.91 Å². The first-order valence-corrected chi connectivity index (χ1v) is 10.2. The molecule has 0 aromatic heterocycles. The smallest absolute Gasteiger partial charge is 0.406 e. The molecule has 0 unspecified atom stereocenters. The highest BCUT2D eigenvalue weighted by molar-refractivity contribution is 5.92. The summed E-state index contributed by atoms with van der Waals surface area (Å²) in [6, 6.07) is 5.28. The topological polar surface area (TPSA) is 83.2 Å². The van der Waals surface area contributed by atoms with E-state index in [2.05, 4.69) is 19.9 Å². The van der Waals surface area contributed by atoms with Crippen molar-refractivity contribution in [3.63, 3.8) is 0 Å². The number of benzene rings is 1. The Labute approximate surface area is 174 Å². The Morgan fingerprint density at radius 1 is 1.13 bits per heavy atom. The zero-order valence-corrected chi connectivity index (χ0v) is 16.8. The zero-order valence-electron chi connectivity index (χ0n) is 16.8. The van der Waals surface area contributed by atoms with E-state index in [1.54, 1.807) is 0 Å². The first-order chi connectivity index (χ1) is 14.3. The Morgan fingerprint density at radius 2 is 1.77 bits per heavy atom. The second kappa shape index (κ2) is 10.0. The molecule has 1 aromatic carbocycles. The molecule has 2 aliphatic rings. The summed E-state index contributed by atoms with van der Waals surface area (Å²) in [6.45, 7) is 4.36. The molecule has 1 amide bonds. The molecule has 0 radical (unpaired) electrons. The summed E-state index contributed by atoms with van der Waals surface area (Å²) in [7, 11) is 0. The van der Waals surface area contributed by atoms with E-state index < -0.39 is 6.36 Å². The lowest BCUT2D eigenvalue weighted by Gasteiger charge is -2.35. The highest BCUT2D eigenvalue weighted by atomic mass is 19.4. The molecule has 1 aromatic rings. The Balaban J connectivity index is 1.36. The van der Waals surface area contributed by atoms with Crippen molar-refractivity contribution in [2.45, 2.75) is 32.0 Å². The second-order valence-corrected chi connectivity index (χ2v) is 7.61. The summed E-state index contributed by atoms with van der Waals surface area (Å²) in [5.41, 5.74) is 6.37. The van der Waals surface area contributed by atoms with E-state index in [1.807, 2.05) is 4.90 Å². The Hall–Kier alpha value is -2.49. The van der Waals surface area contributed by atoms with E-state index in [-0.39, 0.29) is 17.6 Å².